The van der Waals surface area contributed by atoms with Gasteiger partial charge in [0, 0.05) is 5.92 Å². The second kappa shape index (κ2) is 7.05. The highest BCUT2D eigenvalue weighted by Gasteiger charge is 2.44. The van der Waals surface area contributed by atoms with Crippen LogP contribution >= 0.6 is 0 Å². The number of amides is 1. The Hall–Kier alpha value is -2.33. The van der Waals surface area contributed by atoms with E-state index in [1.807, 2.05) is 12.1 Å². The Labute approximate surface area is 142 Å². The number of benzene rings is 2. The molecular formula is C20H23NO3. The van der Waals surface area contributed by atoms with Gasteiger partial charge in [-0.05, 0) is 54.5 Å². The van der Waals surface area contributed by atoms with Crippen LogP contribution in [0.15, 0.2) is 48.5 Å². The first-order chi connectivity index (χ1) is 11.6. The average Bonchev–Trinajstić information content (AvgIpc) is 3.37. The van der Waals surface area contributed by atoms with Gasteiger partial charge >= 0.3 is 0 Å². The highest BCUT2D eigenvalue weighted by Crippen LogP contribution is 2.48. The van der Waals surface area contributed by atoms with Crippen LogP contribution in [0.5, 0.6) is 5.75 Å². The summed E-state index contributed by atoms with van der Waals surface area (Å²) in [4.78, 5) is 12.5. The summed E-state index contributed by atoms with van der Waals surface area (Å²) in [6.45, 7) is 1.97. The molecule has 2 aromatic carbocycles. The number of aliphatic hydroxyl groups is 1. The molecular weight excluding hydrogens is 302 g/mol. The fourth-order valence-corrected chi connectivity index (χ4v) is 3.22. The zero-order chi connectivity index (χ0) is 17.1. The number of hydrogen-bond acceptors (Lipinski definition) is 3. The molecule has 2 unspecified atom stereocenters. The topological polar surface area (TPSA) is 69.6 Å². The molecule has 126 valence electrons. The maximum atomic E-state index is 12.5. The van der Waals surface area contributed by atoms with Gasteiger partial charge in [-0.15, -0.1) is 0 Å². The minimum absolute atomic E-state index is 0.0000298. The second-order valence-electron chi connectivity index (χ2n) is 6.56. The van der Waals surface area contributed by atoms with E-state index in [0.717, 1.165) is 12.0 Å². The molecule has 3 rings (SSSR count). The van der Waals surface area contributed by atoms with Crippen molar-refractivity contribution < 1.29 is 15.0 Å². The first-order valence-corrected chi connectivity index (χ1v) is 8.33. The Bertz CT molecular complexity index is 711. The molecule has 0 radical (unpaired) electrons. The average molecular weight is 325 g/mol. The summed E-state index contributed by atoms with van der Waals surface area (Å²) < 4.78 is 0. The standard InChI is InChI=1S/C20H23NO3/c1-13-4-2-3-5-17(13)18-11-19(18)20(24)21-15(12-22)10-14-6-8-16(23)9-7-14/h2-9,15,18-19,22-23H,10-12H2,1H3,(H,21,24)/t15-,18?,19?/m0/s1. The number of carbonyl (C=O) groups is 1. The number of phenolic OH excluding ortho intramolecular Hbond substituents is 1. The quantitative estimate of drug-likeness (QED) is 0.764. The summed E-state index contributed by atoms with van der Waals surface area (Å²) in [5.41, 5.74) is 3.44. The summed E-state index contributed by atoms with van der Waals surface area (Å²) in [6, 6.07) is 14.7. The van der Waals surface area contributed by atoms with E-state index in [4.69, 9.17) is 0 Å². The first kappa shape index (κ1) is 16.5. The second-order valence-corrected chi connectivity index (χ2v) is 6.56. The molecule has 1 saturated carbocycles. The van der Waals surface area contributed by atoms with Crippen molar-refractivity contribution in [2.75, 3.05) is 6.61 Å². The third-order valence-electron chi connectivity index (χ3n) is 4.70. The Kier molecular flexibility index (Phi) is 4.86. The lowest BCUT2D eigenvalue weighted by Crippen LogP contribution is -2.40. The van der Waals surface area contributed by atoms with E-state index in [-0.39, 0.29) is 30.2 Å². The van der Waals surface area contributed by atoms with Crippen molar-refractivity contribution in [3.63, 3.8) is 0 Å². The largest absolute Gasteiger partial charge is 0.508 e. The molecule has 0 aromatic heterocycles. The summed E-state index contributed by atoms with van der Waals surface area (Å²) >= 11 is 0. The lowest BCUT2D eigenvalue weighted by atomic mass is 10.0. The fraction of sp³-hybridized carbons (Fsp3) is 0.350. The van der Waals surface area contributed by atoms with Gasteiger partial charge in [0.2, 0.25) is 5.91 Å². The number of aromatic hydroxyl groups is 1. The van der Waals surface area contributed by atoms with Gasteiger partial charge in [-0.25, -0.2) is 0 Å². The number of rotatable bonds is 6. The molecule has 0 aliphatic heterocycles. The Balaban J connectivity index is 1.58. The van der Waals surface area contributed by atoms with Gasteiger partial charge in [-0.2, -0.15) is 0 Å². The van der Waals surface area contributed by atoms with E-state index in [9.17, 15) is 15.0 Å². The van der Waals surface area contributed by atoms with E-state index in [0.29, 0.717) is 12.3 Å². The van der Waals surface area contributed by atoms with E-state index in [1.165, 1.54) is 11.1 Å². The van der Waals surface area contributed by atoms with E-state index in [1.54, 1.807) is 24.3 Å². The predicted molar refractivity (Wildman–Crippen MR) is 92.9 cm³/mol. The van der Waals surface area contributed by atoms with Gasteiger partial charge in [0.05, 0.1) is 12.6 Å². The minimum atomic E-state index is -0.305. The van der Waals surface area contributed by atoms with Crippen molar-refractivity contribution in [1.29, 1.82) is 0 Å². The van der Waals surface area contributed by atoms with Crippen LogP contribution in [0.1, 0.15) is 29.0 Å². The monoisotopic (exact) mass is 325 g/mol. The van der Waals surface area contributed by atoms with Crippen molar-refractivity contribution in [3.8, 4) is 5.75 Å². The van der Waals surface area contributed by atoms with Gasteiger partial charge in [-0.1, -0.05) is 36.4 Å². The minimum Gasteiger partial charge on any atom is -0.508 e. The molecule has 0 saturated heterocycles. The van der Waals surface area contributed by atoms with Gasteiger partial charge in [0.25, 0.3) is 0 Å². The van der Waals surface area contributed by atoms with Crippen molar-refractivity contribution in [2.24, 2.45) is 5.92 Å². The lowest BCUT2D eigenvalue weighted by Gasteiger charge is -2.16. The van der Waals surface area contributed by atoms with E-state index >= 15 is 0 Å². The van der Waals surface area contributed by atoms with Gasteiger partial charge in [0.1, 0.15) is 5.75 Å². The molecule has 1 aliphatic rings. The van der Waals surface area contributed by atoms with Crippen LogP contribution < -0.4 is 5.32 Å². The van der Waals surface area contributed by atoms with Crippen LogP contribution in [-0.2, 0) is 11.2 Å². The summed E-state index contributed by atoms with van der Waals surface area (Å²) in [5.74, 6) is 0.516. The molecule has 3 atom stereocenters. The number of aliphatic hydroxyl groups excluding tert-OH is 1. The zero-order valence-corrected chi connectivity index (χ0v) is 13.8. The van der Waals surface area contributed by atoms with E-state index in [2.05, 4.69) is 24.4 Å². The SMILES string of the molecule is Cc1ccccc1C1CC1C(=O)N[C@H](CO)Cc1ccc(O)cc1. The molecule has 4 nitrogen and oxygen atoms in total. The zero-order valence-electron chi connectivity index (χ0n) is 13.8. The van der Waals surface area contributed by atoms with Crippen LogP contribution in [0.3, 0.4) is 0 Å². The van der Waals surface area contributed by atoms with Crippen LogP contribution in [0.2, 0.25) is 0 Å². The van der Waals surface area contributed by atoms with Gasteiger partial charge in [0.15, 0.2) is 0 Å². The van der Waals surface area contributed by atoms with Crippen LogP contribution in [-0.4, -0.2) is 28.8 Å². The number of nitrogens with one attached hydrogen (secondary N) is 1. The molecule has 0 bridgehead atoms. The predicted octanol–water partition coefficient (Wildman–Crippen LogP) is 2.52. The third-order valence-corrected chi connectivity index (χ3v) is 4.70. The molecule has 1 amide bonds. The summed E-state index contributed by atoms with van der Waals surface area (Å²) in [6.07, 6.45) is 1.41. The lowest BCUT2D eigenvalue weighted by molar-refractivity contribution is -0.123. The molecule has 0 heterocycles. The highest BCUT2D eigenvalue weighted by atomic mass is 16.3. The van der Waals surface area contributed by atoms with Gasteiger partial charge in [-0.3, -0.25) is 4.79 Å². The van der Waals surface area contributed by atoms with E-state index < -0.39 is 0 Å². The number of aryl methyl sites for hydroxylation is 1. The van der Waals surface area contributed by atoms with Gasteiger partial charge < -0.3 is 15.5 Å². The van der Waals surface area contributed by atoms with Crippen LogP contribution in [0.25, 0.3) is 0 Å². The summed E-state index contributed by atoms with van der Waals surface area (Å²) in [5, 5.41) is 21.8. The highest BCUT2D eigenvalue weighted by molar-refractivity contribution is 5.83. The summed E-state index contributed by atoms with van der Waals surface area (Å²) in [7, 11) is 0. The van der Waals surface area contributed by atoms with Crippen molar-refractivity contribution in [2.45, 2.75) is 31.7 Å². The Morgan fingerprint density at radius 1 is 1.21 bits per heavy atom. The number of carbonyl (C=O) groups excluding carboxylic acids is 1. The molecule has 2 aromatic rings. The maximum Gasteiger partial charge on any atom is 0.224 e. The van der Waals surface area contributed by atoms with Crippen molar-refractivity contribution in [1.82, 2.24) is 5.32 Å². The molecule has 4 heteroatoms. The molecule has 1 aliphatic carbocycles. The third kappa shape index (κ3) is 3.77. The normalized spacial score (nSPS) is 20.4. The molecule has 0 spiro atoms. The number of hydrogen-bond donors (Lipinski definition) is 3. The molecule has 1 fully saturated rings. The van der Waals surface area contributed by atoms with Crippen molar-refractivity contribution in [3.05, 3.63) is 65.2 Å². The van der Waals surface area contributed by atoms with Crippen molar-refractivity contribution >= 4 is 5.91 Å². The van der Waals surface area contributed by atoms with Crippen LogP contribution in [0.4, 0.5) is 0 Å². The maximum absolute atomic E-state index is 12.5. The fourth-order valence-electron chi connectivity index (χ4n) is 3.22. The Morgan fingerprint density at radius 3 is 2.58 bits per heavy atom. The van der Waals surface area contributed by atoms with Crippen LogP contribution in [0, 0.1) is 12.8 Å². The molecule has 24 heavy (non-hydrogen) atoms. The smallest absolute Gasteiger partial charge is 0.224 e. The number of phenols is 1. The Morgan fingerprint density at radius 2 is 1.92 bits per heavy atom. The first-order valence-electron chi connectivity index (χ1n) is 8.33. The molecule has 3 N–H and O–H groups in total.